The Hall–Kier alpha value is -2.76. The molecule has 1 heterocycles. The molecule has 1 aliphatic rings. The minimum Gasteiger partial charge on any atom is -0.358 e. The third kappa shape index (κ3) is 5.04. The van der Waals surface area contributed by atoms with Crippen molar-refractivity contribution in [3.63, 3.8) is 0 Å². The fourth-order valence-electron chi connectivity index (χ4n) is 3.96. The number of halogens is 1. The molecular weight excluding hydrogens is 393 g/mol. The zero-order valence-corrected chi connectivity index (χ0v) is 17.7. The van der Waals surface area contributed by atoms with Crippen molar-refractivity contribution in [1.29, 1.82) is 0 Å². The van der Waals surface area contributed by atoms with Crippen LogP contribution in [-0.2, 0) is 6.54 Å². The number of nitrogens with zero attached hydrogens (tertiary/aromatic N) is 2. The molecule has 154 valence electrons. The second-order valence-electron chi connectivity index (χ2n) is 7.53. The summed E-state index contributed by atoms with van der Waals surface area (Å²) in [4.78, 5) is 4.76. The molecule has 5 heteroatoms. The minimum atomic E-state index is -0.219. The highest BCUT2D eigenvalue weighted by molar-refractivity contribution is 7.80. The van der Waals surface area contributed by atoms with Crippen LogP contribution in [0.15, 0.2) is 84.9 Å². The predicted molar refractivity (Wildman–Crippen MR) is 124 cm³/mol. The Bertz CT molecular complexity index is 900. The van der Waals surface area contributed by atoms with Crippen LogP contribution >= 0.6 is 12.2 Å². The first-order valence-corrected chi connectivity index (χ1v) is 10.7. The Balaban J connectivity index is 1.38. The molecule has 0 spiro atoms. The summed E-state index contributed by atoms with van der Waals surface area (Å²) >= 11 is 5.61. The molecule has 1 N–H and O–H groups in total. The average Bonchev–Trinajstić information content (AvgIpc) is 2.81. The van der Waals surface area contributed by atoms with E-state index in [1.807, 2.05) is 0 Å². The number of benzene rings is 3. The van der Waals surface area contributed by atoms with E-state index in [0.29, 0.717) is 6.54 Å². The largest absolute Gasteiger partial charge is 0.358 e. The Kier molecular flexibility index (Phi) is 6.72. The maximum atomic E-state index is 13.1. The Morgan fingerprint density at radius 3 is 1.87 bits per heavy atom. The van der Waals surface area contributed by atoms with Gasteiger partial charge in [-0.25, -0.2) is 4.39 Å². The van der Waals surface area contributed by atoms with E-state index in [4.69, 9.17) is 12.2 Å². The van der Waals surface area contributed by atoms with Gasteiger partial charge < -0.3 is 10.2 Å². The summed E-state index contributed by atoms with van der Waals surface area (Å²) < 4.78 is 13.1. The Morgan fingerprint density at radius 2 is 1.33 bits per heavy atom. The minimum absolute atomic E-state index is 0.219. The molecule has 1 fully saturated rings. The maximum absolute atomic E-state index is 13.1. The Morgan fingerprint density at radius 1 is 0.800 bits per heavy atom. The topological polar surface area (TPSA) is 18.5 Å². The lowest BCUT2D eigenvalue weighted by molar-refractivity contribution is 0.149. The number of hydrogen-bond donors (Lipinski definition) is 1. The summed E-state index contributed by atoms with van der Waals surface area (Å²) in [5.74, 6) is -0.219. The van der Waals surface area contributed by atoms with Crippen molar-refractivity contribution < 1.29 is 4.39 Å². The number of piperazine rings is 1. The molecule has 3 nitrogen and oxygen atoms in total. The lowest BCUT2D eigenvalue weighted by Gasteiger charge is -2.40. The van der Waals surface area contributed by atoms with Gasteiger partial charge in [0, 0.05) is 32.7 Å². The lowest BCUT2D eigenvalue weighted by Crippen LogP contribution is -2.52. The molecule has 0 bridgehead atoms. The van der Waals surface area contributed by atoms with Crippen LogP contribution in [0.3, 0.4) is 0 Å². The van der Waals surface area contributed by atoms with E-state index >= 15 is 0 Å². The number of rotatable bonds is 5. The molecule has 3 aromatic carbocycles. The molecule has 1 saturated heterocycles. The summed E-state index contributed by atoms with van der Waals surface area (Å²) in [6.45, 7) is 4.24. The third-order valence-electron chi connectivity index (χ3n) is 5.55. The van der Waals surface area contributed by atoms with Crippen molar-refractivity contribution in [2.75, 3.05) is 26.2 Å². The molecule has 0 aliphatic carbocycles. The third-order valence-corrected chi connectivity index (χ3v) is 5.96. The normalized spacial score (nSPS) is 14.7. The van der Waals surface area contributed by atoms with E-state index in [0.717, 1.165) is 36.9 Å². The lowest BCUT2D eigenvalue weighted by atomic mass is 9.96. The van der Waals surface area contributed by atoms with Crippen molar-refractivity contribution in [3.05, 3.63) is 107 Å². The summed E-state index contributed by atoms with van der Waals surface area (Å²) in [5.41, 5.74) is 3.65. The highest BCUT2D eigenvalue weighted by atomic mass is 32.1. The van der Waals surface area contributed by atoms with E-state index in [1.54, 1.807) is 12.1 Å². The molecular formula is C25H26FN3S. The van der Waals surface area contributed by atoms with Crippen LogP contribution in [0.1, 0.15) is 22.7 Å². The van der Waals surface area contributed by atoms with Crippen LogP contribution in [0.5, 0.6) is 0 Å². The van der Waals surface area contributed by atoms with Crippen molar-refractivity contribution in [1.82, 2.24) is 15.1 Å². The highest BCUT2D eigenvalue weighted by Crippen LogP contribution is 2.29. The fourth-order valence-corrected chi connectivity index (χ4v) is 4.21. The van der Waals surface area contributed by atoms with Gasteiger partial charge in [-0.2, -0.15) is 0 Å². The van der Waals surface area contributed by atoms with E-state index in [-0.39, 0.29) is 11.9 Å². The van der Waals surface area contributed by atoms with Gasteiger partial charge in [-0.3, -0.25) is 4.90 Å². The van der Waals surface area contributed by atoms with Gasteiger partial charge in [0.25, 0.3) is 0 Å². The van der Waals surface area contributed by atoms with Gasteiger partial charge in [0.2, 0.25) is 0 Å². The monoisotopic (exact) mass is 419 g/mol. The number of hydrogen-bond acceptors (Lipinski definition) is 2. The summed E-state index contributed by atoms with van der Waals surface area (Å²) in [6, 6.07) is 28.2. The number of thiocarbonyl (C=S) groups is 1. The van der Waals surface area contributed by atoms with Crippen LogP contribution in [-0.4, -0.2) is 41.1 Å². The van der Waals surface area contributed by atoms with E-state index in [1.165, 1.54) is 23.3 Å². The van der Waals surface area contributed by atoms with Gasteiger partial charge in [-0.1, -0.05) is 72.8 Å². The second-order valence-corrected chi connectivity index (χ2v) is 7.92. The zero-order valence-electron chi connectivity index (χ0n) is 16.9. The summed E-state index contributed by atoms with van der Waals surface area (Å²) in [7, 11) is 0. The molecule has 0 aromatic heterocycles. The van der Waals surface area contributed by atoms with Crippen LogP contribution in [0.2, 0.25) is 0 Å². The standard InChI is InChI=1S/C25H26FN3S/c26-23-13-11-20(12-14-23)19-27-25(30)29-17-15-28(16-18-29)24(21-7-3-1-4-8-21)22-9-5-2-6-10-22/h1-14,24H,15-19H2,(H,27,30). The predicted octanol–water partition coefficient (Wildman–Crippen LogP) is 4.61. The molecule has 4 rings (SSSR count). The van der Waals surface area contributed by atoms with E-state index in [2.05, 4.69) is 75.8 Å². The summed E-state index contributed by atoms with van der Waals surface area (Å²) in [5, 5.41) is 4.07. The van der Waals surface area contributed by atoms with Crippen molar-refractivity contribution in [3.8, 4) is 0 Å². The maximum Gasteiger partial charge on any atom is 0.169 e. The molecule has 0 saturated carbocycles. The van der Waals surface area contributed by atoms with Gasteiger partial charge in [0.1, 0.15) is 5.82 Å². The second kappa shape index (κ2) is 9.83. The van der Waals surface area contributed by atoms with Crippen LogP contribution < -0.4 is 5.32 Å². The molecule has 0 radical (unpaired) electrons. The number of nitrogens with one attached hydrogen (secondary N) is 1. The van der Waals surface area contributed by atoms with Crippen molar-refractivity contribution >= 4 is 17.3 Å². The van der Waals surface area contributed by atoms with Gasteiger partial charge in [0.15, 0.2) is 5.11 Å². The quantitative estimate of drug-likeness (QED) is 0.609. The first-order valence-electron chi connectivity index (χ1n) is 10.3. The molecule has 0 atom stereocenters. The van der Waals surface area contributed by atoms with Gasteiger partial charge in [-0.15, -0.1) is 0 Å². The van der Waals surface area contributed by atoms with Crippen LogP contribution in [0.25, 0.3) is 0 Å². The SMILES string of the molecule is Fc1ccc(CNC(=S)N2CCN(C(c3ccccc3)c3ccccc3)CC2)cc1. The van der Waals surface area contributed by atoms with Gasteiger partial charge in [0.05, 0.1) is 6.04 Å². The molecule has 1 aliphatic heterocycles. The first-order chi connectivity index (χ1) is 14.7. The smallest absolute Gasteiger partial charge is 0.169 e. The average molecular weight is 420 g/mol. The molecule has 3 aromatic rings. The van der Waals surface area contributed by atoms with Crippen molar-refractivity contribution in [2.24, 2.45) is 0 Å². The molecule has 30 heavy (non-hydrogen) atoms. The first kappa shape index (κ1) is 20.5. The van der Waals surface area contributed by atoms with Crippen molar-refractivity contribution in [2.45, 2.75) is 12.6 Å². The van der Waals surface area contributed by atoms with Crippen LogP contribution in [0, 0.1) is 5.82 Å². The van der Waals surface area contributed by atoms with E-state index < -0.39 is 0 Å². The van der Waals surface area contributed by atoms with Gasteiger partial charge in [-0.05, 0) is 41.0 Å². The molecule has 0 amide bonds. The van der Waals surface area contributed by atoms with Crippen LogP contribution in [0.4, 0.5) is 4.39 Å². The summed E-state index contributed by atoms with van der Waals surface area (Å²) in [6.07, 6.45) is 0. The van der Waals surface area contributed by atoms with E-state index in [9.17, 15) is 4.39 Å². The highest BCUT2D eigenvalue weighted by Gasteiger charge is 2.27. The fraction of sp³-hybridized carbons (Fsp3) is 0.240. The molecule has 0 unspecified atom stereocenters. The zero-order chi connectivity index (χ0) is 20.8. The Labute approximate surface area is 183 Å². The van der Waals surface area contributed by atoms with Gasteiger partial charge >= 0.3 is 0 Å².